The van der Waals surface area contributed by atoms with Crippen LogP contribution in [0.4, 0.5) is 0 Å². The summed E-state index contributed by atoms with van der Waals surface area (Å²) in [6.07, 6.45) is 0.556. The molecule has 0 spiro atoms. The minimum atomic E-state index is -2.54. The van der Waals surface area contributed by atoms with Gasteiger partial charge in [0.2, 0.25) is 5.91 Å². The van der Waals surface area contributed by atoms with Gasteiger partial charge in [0.25, 0.3) is 11.9 Å². The highest BCUT2D eigenvalue weighted by Gasteiger charge is 2.69. The molecule has 2 N–H and O–H groups in total. The van der Waals surface area contributed by atoms with Crippen LogP contribution >= 0.6 is 23.2 Å². The van der Waals surface area contributed by atoms with Gasteiger partial charge in [-0.15, -0.1) is 0 Å². The molecule has 4 atom stereocenters. The zero-order valence-corrected chi connectivity index (χ0v) is 20.5. The number of carbonyl (C=O) groups excluding carboxylic acids is 4. The van der Waals surface area contributed by atoms with Gasteiger partial charge in [0, 0.05) is 12.1 Å². The Morgan fingerprint density at radius 3 is 2.61 bits per heavy atom. The molecule has 2 unspecified atom stereocenters. The number of benzene rings is 1. The summed E-state index contributed by atoms with van der Waals surface area (Å²) < 4.78 is 11.6. The van der Waals surface area contributed by atoms with Gasteiger partial charge in [-0.3, -0.25) is 14.4 Å². The first kappa shape index (κ1) is 25.3. The lowest BCUT2D eigenvalue weighted by Gasteiger charge is -2.55. The molecule has 2 aliphatic heterocycles. The lowest BCUT2D eigenvalue weighted by Crippen LogP contribution is -2.79. The van der Waals surface area contributed by atoms with E-state index >= 15 is 0 Å². The monoisotopic (exact) mass is 499 g/mol. The number of rotatable bonds is 7. The third-order valence-electron chi connectivity index (χ3n) is 6.59. The number of halogens is 2. The third-order valence-corrected chi connectivity index (χ3v) is 7.16. The highest BCUT2D eigenvalue weighted by molar-refractivity contribution is 6.67. The second-order valence-corrected chi connectivity index (χ2v) is 10.1. The normalized spacial score (nSPS) is 27.4. The summed E-state index contributed by atoms with van der Waals surface area (Å²) in [4.78, 5) is 50.1. The average molecular weight is 500 g/mol. The van der Waals surface area contributed by atoms with E-state index in [1.54, 1.807) is 13.0 Å². The SMILES string of the molecule is CC(C)C[C@H](NC(=O)CNC(=O)c1cc(Cl)ccc1Cl)[B-]12OC(=O)CC[N+]1(C)[C@H](C)C(=O)O2. The molecule has 2 saturated heterocycles. The molecule has 2 aliphatic rings. The smallest absolute Gasteiger partial charge is 0.603 e. The van der Waals surface area contributed by atoms with E-state index < -0.39 is 42.4 Å². The Hall–Kier alpha value is -2.30. The molecular formula is C21H28BCl2N3O6. The standard InChI is InChI=1S/C21H28BCl2N3O6/c1-12(2)9-17(22-27(4,8-7-19(29)32-22)13(3)21(31)33-22)26-18(28)11-25-20(30)15-10-14(23)5-6-16(15)24/h5-6,10,12-13,17H,7-9,11H2,1-4H3,(H,25,30)(H,26,28)/t13-,17+,22?,27?/m1/s1. The van der Waals surface area contributed by atoms with Crippen molar-refractivity contribution in [2.24, 2.45) is 5.92 Å². The maximum atomic E-state index is 12.8. The molecule has 1 aromatic rings. The largest absolute Gasteiger partial charge is 0.605 e. The number of quaternary nitrogens is 1. The highest BCUT2D eigenvalue weighted by atomic mass is 35.5. The molecule has 0 radical (unpaired) electrons. The first-order valence-electron chi connectivity index (χ1n) is 10.9. The fourth-order valence-electron chi connectivity index (χ4n) is 4.64. The summed E-state index contributed by atoms with van der Waals surface area (Å²) >= 11 is 12.0. The Labute approximate surface area is 202 Å². The molecule has 2 fully saturated rings. The molecule has 9 nitrogen and oxygen atoms in total. The second-order valence-electron chi connectivity index (χ2n) is 9.26. The Kier molecular flexibility index (Phi) is 7.31. The van der Waals surface area contributed by atoms with E-state index in [1.807, 2.05) is 20.9 Å². The number of likely N-dealkylation sites (N-methyl/N-ethyl adjacent to an activating group) is 1. The second kappa shape index (κ2) is 9.52. The zero-order chi connectivity index (χ0) is 24.6. The van der Waals surface area contributed by atoms with E-state index in [4.69, 9.17) is 32.5 Å². The Bertz CT molecular complexity index is 989. The fraction of sp³-hybridized carbons (Fsp3) is 0.524. The summed E-state index contributed by atoms with van der Waals surface area (Å²) in [6.45, 7) is 3.09. The number of hydrogen-bond donors (Lipinski definition) is 2. The minimum absolute atomic E-state index is 0.0761. The average Bonchev–Trinajstić information content (AvgIpc) is 2.94. The van der Waals surface area contributed by atoms with Crippen molar-refractivity contribution < 1.29 is 32.9 Å². The van der Waals surface area contributed by atoms with Crippen LogP contribution in [0.1, 0.15) is 44.0 Å². The van der Waals surface area contributed by atoms with Gasteiger partial charge in [-0.05, 0) is 37.5 Å². The van der Waals surface area contributed by atoms with Gasteiger partial charge in [0.05, 0.1) is 36.0 Å². The van der Waals surface area contributed by atoms with Crippen molar-refractivity contribution in [3.05, 3.63) is 33.8 Å². The maximum Gasteiger partial charge on any atom is 0.605 e. The Morgan fingerprint density at radius 1 is 1.24 bits per heavy atom. The molecule has 2 heterocycles. The number of amides is 2. The predicted molar refractivity (Wildman–Crippen MR) is 123 cm³/mol. The van der Waals surface area contributed by atoms with Gasteiger partial charge >= 0.3 is 12.7 Å². The van der Waals surface area contributed by atoms with Gasteiger partial charge < -0.3 is 24.3 Å². The van der Waals surface area contributed by atoms with Crippen molar-refractivity contribution in [2.45, 2.75) is 45.6 Å². The molecule has 33 heavy (non-hydrogen) atoms. The molecule has 0 aliphatic carbocycles. The van der Waals surface area contributed by atoms with Crippen LogP contribution in [0, 0.1) is 5.92 Å². The van der Waals surface area contributed by atoms with Gasteiger partial charge in [0.15, 0.2) is 0 Å². The molecule has 0 aromatic heterocycles. The number of fused-ring (bicyclic) bond motifs is 1. The van der Waals surface area contributed by atoms with E-state index in [9.17, 15) is 19.2 Å². The van der Waals surface area contributed by atoms with Crippen molar-refractivity contribution in [1.82, 2.24) is 10.6 Å². The minimum Gasteiger partial charge on any atom is -0.603 e. The van der Waals surface area contributed by atoms with E-state index in [2.05, 4.69) is 10.6 Å². The number of nitrogens with zero attached hydrogens (tertiary/aromatic N) is 1. The molecular weight excluding hydrogens is 472 g/mol. The summed E-state index contributed by atoms with van der Waals surface area (Å²) in [6, 6.07) is 3.90. The predicted octanol–water partition coefficient (Wildman–Crippen LogP) is 2.07. The van der Waals surface area contributed by atoms with Crippen LogP contribution in [-0.4, -0.2) is 67.0 Å². The van der Waals surface area contributed by atoms with Crippen LogP contribution < -0.4 is 10.6 Å². The fourth-order valence-corrected chi connectivity index (χ4v) is 5.02. The van der Waals surface area contributed by atoms with Crippen LogP contribution in [-0.2, 0) is 23.7 Å². The molecule has 3 rings (SSSR count). The van der Waals surface area contributed by atoms with Gasteiger partial charge in [-0.25, -0.2) is 4.79 Å². The molecule has 0 saturated carbocycles. The van der Waals surface area contributed by atoms with Gasteiger partial charge in [-0.1, -0.05) is 37.0 Å². The lowest BCUT2D eigenvalue weighted by atomic mass is 9.55. The van der Waals surface area contributed by atoms with Crippen LogP contribution in [0.15, 0.2) is 18.2 Å². The Morgan fingerprint density at radius 2 is 1.94 bits per heavy atom. The first-order chi connectivity index (χ1) is 15.4. The van der Waals surface area contributed by atoms with Crippen molar-refractivity contribution in [1.29, 1.82) is 0 Å². The molecule has 0 bridgehead atoms. The van der Waals surface area contributed by atoms with Crippen molar-refractivity contribution in [2.75, 3.05) is 20.1 Å². The van der Waals surface area contributed by atoms with Crippen LogP contribution in [0.2, 0.25) is 10.0 Å². The topological polar surface area (TPSA) is 111 Å². The van der Waals surface area contributed by atoms with Crippen molar-refractivity contribution in [3.63, 3.8) is 0 Å². The molecule has 2 amide bonds. The summed E-state index contributed by atoms with van der Waals surface area (Å²) in [7, 11) is 1.81. The van der Waals surface area contributed by atoms with Crippen LogP contribution in [0.25, 0.3) is 0 Å². The van der Waals surface area contributed by atoms with E-state index in [1.165, 1.54) is 12.1 Å². The summed E-state index contributed by atoms with van der Waals surface area (Å²) in [5, 5.41) is 5.89. The quantitative estimate of drug-likeness (QED) is 0.555. The Balaban J connectivity index is 1.79. The molecule has 180 valence electrons. The van der Waals surface area contributed by atoms with E-state index in [0.29, 0.717) is 18.0 Å². The molecule has 1 aromatic carbocycles. The van der Waals surface area contributed by atoms with Gasteiger partial charge in [-0.2, -0.15) is 0 Å². The van der Waals surface area contributed by atoms with Crippen LogP contribution in [0.3, 0.4) is 0 Å². The summed E-state index contributed by atoms with van der Waals surface area (Å²) in [5.74, 6) is -2.69. The maximum absolute atomic E-state index is 12.8. The van der Waals surface area contributed by atoms with Crippen molar-refractivity contribution in [3.8, 4) is 0 Å². The third kappa shape index (κ3) is 4.83. The number of carbonyl (C=O) groups is 4. The summed E-state index contributed by atoms with van der Waals surface area (Å²) in [5.41, 5.74) is 0.141. The number of hydrogen-bond acceptors (Lipinski definition) is 6. The van der Waals surface area contributed by atoms with Crippen molar-refractivity contribution >= 4 is 53.6 Å². The molecule has 12 heteroatoms. The van der Waals surface area contributed by atoms with Crippen LogP contribution in [0.5, 0.6) is 0 Å². The van der Waals surface area contributed by atoms with E-state index in [0.717, 1.165) is 0 Å². The van der Waals surface area contributed by atoms with Gasteiger partial charge in [0.1, 0.15) is 6.04 Å². The zero-order valence-electron chi connectivity index (χ0n) is 19.0. The number of nitrogens with one attached hydrogen (secondary N) is 2. The first-order valence-corrected chi connectivity index (χ1v) is 11.6. The highest BCUT2D eigenvalue weighted by Crippen LogP contribution is 2.40. The lowest BCUT2D eigenvalue weighted by molar-refractivity contribution is -0.837. The van der Waals surface area contributed by atoms with E-state index in [-0.39, 0.29) is 33.9 Å².